The van der Waals surface area contributed by atoms with Crippen LogP contribution in [0.5, 0.6) is 0 Å². The van der Waals surface area contributed by atoms with Gasteiger partial charge in [-0.2, -0.15) is 0 Å². The molecule has 3 rings (SSSR count). The summed E-state index contributed by atoms with van der Waals surface area (Å²) in [4.78, 5) is 27.1. The van der Waals surface area contributed by atoms with Crippen LogP contribution in [0.4, 0.5) is 5.69 Å². The minimum Gasteiger partial charge on any atom is -0.322 e. The number of H-pyrrole nitrogens is 1. The van der Waals surface area contributed by atoms with Crippen molar-refractivity contribution in [1.29, 1.82) is 0 Å². The van der Waals surface area contributed by atoms with Crippen LogP contribution in [0.15, 0.2) is 51.7 Å². The number of pyridine rings is 1. The Hall–Kier alpha value is -2.11. The highest BCUT2D eigenvalue weighted by Gasteiger charge is 2.13. The molecule has 1 aromatic heterocycles. The zero-order chi connectivity index (χ0) is 16.6. The SMILES string of the molecule is Cc1cc(NC(=O)c2cc(=O)[nH]c3ccc(Br)cc23)ccc1Cl. The van der Waals surface area contributed by atoms with Gasteiger partial charge in [-0.05, 0) is 48.9 Å². The average molecular weight is 392 g/mol. The lowest BCUT2D eigenvalue weighted by Crippen LogP contribution is -2.17. The molecule has 0 fully saturated rings. The molecular formula is C17H12BrClN2O2. The number of aromatic amines is 1. The van der Waals surface area contributed by atoms with E-state index >= 15 is 0 Å². The largest absolute Gasteiger partial charge is 0.322 e. The number of rotatable bonds is 2. The number of aromatic nitrogens is 1. The molecule has 116 valence electrons. The molecule has 0 saturated carbocycles. The number of nitrogens with one attached hydrogen (secondary N) is 2. The molecule has 0 aliphatic carbocycles. The van der Waals surface area contributed by atoms with Crippen LogP contribution in [0.1, 0.15) is 15.9 Å². The zero-order valence-electron chi connectivity index (χ0n) is 12.1. The van der Waals surface area contributed by atoms with Crippen LogP contribution >= 0.6 is 27.5 Å². The Morgan fingerprint density at radius 3 is 2.70 bits per heavy atom. The second kappa shape index (κ2) is 6.18. The number of anilines is 1. The quantitative estimate of drug-likeness (QED) is 0.675. The highest BCUT2D eigenvalue weighted by molar-refractivity contribution is 9.10. The van der Waals surface area contributed by atoms with Gasteiger partial charge in [-0.1, -0.05) is 27.5 Å². The van der Waals surface area contributed by atoms with Crippen molar-refractivity contribution in [3.8, 4) is 0 Å². The molecule has 23 heavy (non-hydrogen) atoms. The third kappa shape index (κ3) is 3.30. The summed E-state index contributed by atoms with van der Waals surface area (Å²) >= 11 is 9.37. The van der Waals surface area contributed by atoms with Gasteiger partial charge < -0.3 is 10.3 Å². The smallest absolute Gasteiger partial charge is 0.256 e. The van der Waals surface area contributed by atoms with Crippen molar-refractivity contribution in [2.24, 2.45) is 0 Å². The fourth-order valence-corrected chi connectivity index (χ4v) is 2.81. The summed E-state index contributed by atoms with van der Waals surface area (Å²) < 4.78 is 0.827. The van der Waals surface area contributed by atoms with Gasteiger partial charge in [0.25, 0.3) is 5.91 Å². The summed E-state index contributed by atoms with van der Waals surface area (Å²) in [5.41, 5.74) is 2.09. The van der Waals surface area contributed by atoms with Gasteiger partial charge in [0.2, 0.25) is 5.56 Å². The summed E-state index contributed by atoms with van der Waals surface area (Å²) in [5, 5.41) is 4.10. The average Bonchev–Trinajstić information content (AvgIpc) is 2.50. The van der Waals surface area contributed by atoms with Crippen molar-refractivity contribution < 1.29 is 4.79 Å². The van der Waals surface area contributed by atoms with Crippen molar-refractivity contribution in [2.75, 3.05) is 5.32 Å². The predicted octanol–water partition coefficient (Wildman–Crippen LogP) is 4.50. The molecule has 0 atom stereocenters. The second-order valence-corrected chi connectivity index (χ2v) is 6.48. The molecule has 6 heteroatoms. The lowest BCUT2D eigenvalue weighted by atomic mass is 10.1. The molecule has 1 heterocycles. The lowest BCUT2D eigenvalue weighted by Gasteiger charge is -2.09. The first-order valence-corrected chi connectivity index (χ1v) is 8.01. The first-order chi connectivity index (χ1) is 10.9. The fourth-order valence-electron chi connectivity index (χ4n) is 2.33. The van der Waals surface area contributed by atoms with Crippen molar-refractivity contribution >= 4 is 50.0 Å². The third-order valence-electron chi connectivity index (χ3n) is 3.47. The number of hydrogen-bond acceptors (Lipinski definition) is 2. The standard InChI is InChI=1S/C17H12BrClN2O2/c1-9-6-11(3-4-14(9)19)20-17(23)13-8-16(22)21-15-5-2-10(18)7-12(13)15/h2-8H,1H3,(H,20,23)(H,21,22). The van der Waals surface area contributed by atoms with E-state index in [0.717, 1.165) is 10.0 Å². The zero-order valence-corrected chi connectivity index (χ0v) is 14.5. The van der Waals surface area contributed by atoms with Crippen LogP contribution in [-0.4, -0.2) is 10.9 Å². The molecule has 1 amide bonds. The van der Waals surface area contributed by atoms with Crippen molar-refractivity contribution in [2.45, 2.75) is 6.92 Å². The van der Waals surface area contributed by atoms with Crippen LogP contribution in [0.2, 0.25) is 5.02 Å². The highest BCUT2D eigenvalue weighted by atomic mass is 79.9. The summed E-state index contributed by atoms with van der Waals surface area (Å²) in [6.07, 6.45) is 0. The number of benzene rings is 2. The first kappa shape index (κ1) is 15.8. The van der Waals surface area contributed by atoms with Crippen molar-refractivity contribution in [3.63, 3.8) is 0 Å². The molecule has 0 aliphatic heterocycles. The molecule has 2 N–H and O–H groups in total. The number of amides is 1. The monoisotopic (exact) mass is 390 g/mol. The van der Waals surface area contributed by atoms with Gasteiger partial charge in [0.15, 0.2) is 0 Å². The van der Waals surface area contributed by atoms with E-state index in [-0.39, 0.29) is 11.5 Å². The molecule has 0 radical (unpaired) electrons. The van der Waals surface area contributed by atoms with Crippen LogP contribution in [0.25, 0.3) is 10.9 Å². The molecule has 2 aromatic carbocycles. The Kier molecular flexibility index (Phi) is 4.24. The van der Waals surface area contributed by atoms with Crippen molar-refractivity contribution in [3.05, 3.63) is 73.4 Å². The number of carbonyl (C=O) groups excluding carboxylic acids is 1. The van der Waals surface area contributed by atoms with Crippen LogP contribution < -0.4 is 10.9 Å². The van der Waals surface area contributed by atoms with E-state index in [1.54, 1.807) is 30.3 Å². The van der Waals surface area contributed by atoms with Crippen LogP contribution in [-0.2, 0) is 0 Å². The Bertz CT molecular complexity index is 982. The Labute approximate surface area is 145 Å². The number of halogens is 2. The minimum absolute atomic E-state index is 0.317. The van der Waals surface area contributed by atoms with E-state index in [1.807, 2.05) is 13.0 Å². The fraction of sp³-hybridized carbons (Fsp3) is 0.0588. The summed E-state index contributed by atoms with van der Waals surface area (Å²) in [6.45, 7) is 1.86. The predicted molar refractivity (Wildman–Crippen MR) is 96.4 cm³/mol. The molecule has 0 unspecified atom stereocenters. The maximum absolute atomic E-state index is 12.6. The van der Waals surface area contributed by atoms with Gasteiger partial charge in [-0.15, -0.1) is 0 Å². The molecule has 4 nitrogen and oxygen atoms in total. The Balaban J connectivity index is 2.05. The van der Waals surface area contributed by atoms with E-state index < -0.39 is 0 Å². The number of fused-ring (bicyclic) bond motifs is 1. The maximum atomic E-state index is 12.6. The van der Waals surface area contributed by atoms with Gasteiger partial charge in [0.1, 0.15) is 0 Å². The lowest BCUT2D eigenvalue weighted by molar-refractivity contribution is 0.102. The molecule has 3 aromatic rings. The minimum atomic E-state index is -0.346. The topological polar surface area (TPSA) is 62.0 Å². The van der Waals surface area contributed by atoms with Crippen LogP contribution in [0, 0.1) is 6.92 Å². The summed E-state index contributed by atoms with van der Waals surface area (Å²) in [5.74, 6) is -0.346. The third-order valence-corrected chi connectivity index (χ3v) is 4.38. The number of hydrogen-bond donors (Lipinski definition) is 2. The summed E-state index contributed by atoms with van der Waals surface area (Å²) in [6, 6.07) is 11.9. The van der Waals surface area contributed by atoms with Gasteiger partial charge >= 0.3 is 0 Å². The molecule has 0 bridgehead atoms. The van der Waals surface area contributed by atoms with E-state index in [2.05, 4.69) is 26.2 Å². The molecule has 0 spiro atoms. The Morgan fingerprint density at radius 2 is 1.96 bits per heavy atom. The summed E-state index contributed by atoms with van der Waals surface area (Å²) in [7, 11) is 0. The van der Waals surface area contributed by atoms with Gasteiger partial charge in [0, 0.05) is 32.2 Å². The van der Waals surface area contributed by atoms with E-state index in [4.69, 9.17) is 11.6 Å². The first-order valence-electron chi connectivity index (χ1n) is 6.84. The van der Waals surface area contributed by atoms with E-state index in [9.17, 15) is 9.59 Å². The highest BCUT2D eigenvalue weighted by Crippen LogP contribution is 2.23. The van der Waals surface area contributed by atoms with E-state index in [1.165, 1.54) is 6.07 Å². The van der Waals surface area contributed by atoms with Crippen molar-refractivity contribution in [1.82, 2.24) is 4.98 Å². The molecular weight excluding hydrogens is 380 g/mol. The normalized spacial score (nSPS) is 10.7. The molecule has 0 aliphatic rings. The second-order valence-electron chi connectivity index (χ2n) is 5.16. The van der Waals surface area contributed by atoms with Gasteiger partial charge in [-0.3, -0.25) is 9.59 Å². The maximum Gasteiger partial charge on any atom is 0.256 e. The molecule has 0 saturated heterocycles. The van der Waals surface area contributed by atoms with E-state index in [0.29, 0.717) is 27.2 Å². The van der Waals surface area contributed by atoms with Crippen LogP contribution in [0.3, 0.4) is 0 Å². The number of carbonyl (C=O) groups is 1. The number of aryl methyl sites for hydroxylation is 1. The van der Waals surface area contributed by atoms with Gasteiger partial charge in [-0.25, -0.2) is 0 Å². The van der Waals surface area contributed by atoms with Gasteiger partial charge in [0.05, 0.1) is 5.56 Å². The Morgan fingerprint density at radius 1 is 1.17 bits per heavy atom.